The van der Waals surface area contributed by atoms with E-state index in [1.54, 1.807) is 0 Å². The Morgan fingerprint density at radius 2 is 1.85 bits per heavy atom. The van der Waals surface area contributed by atoms with Crippen molar-refractivity contribution in [3.05, 3.63) is 70.3 Å². The van der Waals surface area contributed by atoms with Gasteiger partial charge in [0.25, 0.3) is 0 Å². The molecule has 0 radical (unpaired) electrons. The smallest absolute Gasteiger partial charge is 0.0582 e. The van der Waals surface area contributed by atoms with E-state index in [1.807, 2.05) is 0 Å². The highest BCUT2D eigenvalue weighted by atomic mass is 14.9. The maximum atomic E-state index is 3.70. The first kappa shape index (κ1) is 13.4. The lowest BCUT2D eigenvalue weighted by Crippen LogP contribution is -2.31. The summed E-state index contributed by atoms with van der Waals surface area (Å²) in [5, 5.41) is 3.70. The SMILES string of the molecule is Cc1ccccc1C1NCCc2ccc(C(C)C)cc21. The molecule has 1 nitrogen and oxygen atoms in total. The van der Waals surface area contributed by atoms with Crippen LogP contribution in [-0.2, 0) is 6.42 Å². The summed E-state index contributed by atoms with van der Waals surface area (Å²) in [5.41, 5.74) is 7.19. The highest BCUT2D eigenvalue weighted by molar-refractivity contribution is 5.44. The fraction of sp³-hybridized carbons (Fsp3) is 0.368. The summed E-state index contributed by atoms with van der Waals surface area (Å²) in [5.74, 6) is 0.583. The Labute approximate surface area is 122 Å². The van der Waals surface area contributed by atoms with E-state index in [0.717, 1.165) is 13.0 Å². The number of aryl methyl sites for hydroxylation is 1. The summed E-state index contributed by atoms with van der Waals surface area (Å²) >= 11 is 0. The van der Waals surface area contributed by atoms with Gasteiger partial charge in [-0.1, -0.05) is 56.3 Å². The molecule has 1 heteroatoms. The summed E-state index contributed by atoms with van der Waals surface area (Å²) in [6.45, 7) is 7.80. The quantitative estimate of drug-likeness (QED) is 0.851. The first-order chi connectivity index (χ1) is 9.66. The van der Waals surface area contributed by atoms with Gasteiger partial charge >= 0.3 is 0 Å². The van der Waals surface area contributed by atoms with Crippen molar-refractivity contribution < 1.29 is 0 Å². The zero-order chi connectivity index (χ0) is 14.1. The number of hydrogen-bond acceptors (Lipinski definition) is 1. The summed E-state index contributed by atoms with van der Waals surface area (Å²) in [7, 11) is 0. The largest absolute Gasteiger partial charge is 0.306 e. The molecular weight excluding hydrogens is 242 g/mol. The molecule has 1 heterocycles. The molecule has 0 fully saturated rings. The Bertz CT molecular complexity index is 613. The molecule has 20 heavy (non-hydrogen) atoms. The monoisotopic (exact) mass is 265 g/mol. The Morgan fingerprint density at radius 3 is 2.60 bits per heavy atom. The Morgan fingerprint density at radius 1 is 1.05 bits per heavy atom. The fourth-order valence-electron chi connectivity index (χ4n) is 3.12. The second kappa shape index (κ2) is 5.41. The second-order valence-electron chi connectivity index (χ2n) is 6.11. The molecule has 3 rings (SSSR count). The molecule has 1 aliphatic heterocycles. The van der Waals surface area contributed by atoms with Crippen molar-refractivity contribution in [2.24, 2.45) is 0 Å². The highest BCUT2D eigenvalue weighted by Gasteiger charge is 2.22. The maximum Gasteiger partial charge on any atom is 0.0582 e. The van der Waals surface area contributed by atoms with E-state index in [4.69, 9.17) is 0 Å². The molecule has 0 aliphatic carbocycles. The molecule has 0 aromatic heterocycles. The molecule has 0 amide bonds. The van der Waals surface area contributed by atoms with E-state index >= 15 is 0 Å². The van der Waals surface area contributed by atoms with Crippen LogP contribution in [-0.4, -0.2) is 6.54 Å². The third-order valence-electron chi connectivity index (χ3n) is 4.39. The van der Waals surface area contributed by atoms with Gasteiger partial charge in [-0.25, -0.2) is 0 Å². The van der Waals surface area contributed by atoms with Crippen LogP contribution < -0.4 is 5.32 Å². The van der Waals surface area contributed by atoms with Crippen LogP contribution in [0.25, 0.3) is 0 Å². The topological polar surface area (TPSA) is 12.0 Å². The number of benzene rings is 2. The van der Waals surface area contributed by atoms with Gasteiger partial charge in [0.1, 0.15) is 0 Å². The van der Waals surface area contributed by atoms with Gasteiger partial charge in [-0.05, 0) is 47.1 Å². The van der Waals surface area contributed by atoms with Gasteiger partial charge in [-0.15, -0.1) is 0 Å². The van der Waals surface area contributed by atoms with Gasteiger partial charge < -0.3 is 5.32 Å². The lowest BCUT2D eigenvalue weighted by Gasteiger charge is -2.29. The highest BCUT2D eigenvalue weighted by Crippen LogP contribution is 2.32. The molecule has 1 N–H and O–H groups in total. The molecule has 0 saturated heterocycles. The molecule has 1 unspecified atom stereocenters. The zero-order valence-corrected chi connectivity index (χ0v) is 12.6. The first-order valence-electron chi connectivity index (χ1n) is 7.58. The molecule has 2 aromatic rings. The van der Waals surface area contributed by atoms with Crippen LogP contribution in [0.5, 0.6) is 0 Å². The minimum Gasteiger partial charge on any atom is -0.306 e. The van der Waals surface area contributed by atoms with Crippen molar-refractivity contribution in [3.63, 3.8) is 0 Å². The van der Waals surface area contributed by atoms with Gasteiger partial charge in [0.05, 0.1) is 6.04 Å². The standard InChI is InChI=1S/C19H23N/c1-13(2)16-9-8-15-10-11-20-19(18(15)12-16)17-7-5-4-6-14(17)3/h4-9,12-13,19-20H,10-11H2,1-3H3. The minimum absolute atomic E-state index is 0.346. The van der Waals surface area contributed by atoms with Crippen LogP contribution in [0.15, 0.2) is 42.5 Å². The molecule has 2 aromatic carbocycles. The maximum absolute atomic E-state index is 3.70. The predicted octanol–water partition coefficient (Wildman–Crippen LogP) is 4.35. The molecular formula is C19H23N. The van der Waals surface area contributed by atoms with Gasteiger partial charge in [0.15, 0.2) is 0 Å². The van der Waals surface area contributed by atoms with E-state index in [9.17, 15) is 0 Å². The first-order valence-corrected chi connectivity index (χ1v) is 7.58. The Balaban J connectivity index is 2.09. The predicted molar refractivity (Wildman–Crippen MR) is 85.3 cm³/mol. The van der Waals surface area contributed by atoms with Crippen molar-refractivity contribution in [2.45, 2.75) is 39.2 Å². The molecule has 1 atom stereocenters. The summed E-state index contributed by atoms with van der Waals surface area (Å²) in [6.07, 6.45) is 1.14. The normalized spacial score (nSPS) is 18.1. The van der Waals surface area contributed by atoms with E-state index in [2.05, 4.69) is 68.6 Å². The number of hydrogen-bond donors (Lipinski definition) is 1. The molecule has 0 bridgehead atoms. The van der Waals surface area contributed by atoms with Crippen molar-refractivity contribution in [3.8, 4) is 0 Å². The van der Waals surface area contributed by atoms with Gasteiger partial charge in [0, 0.05) is 6.54 Å². The van der Waals surface area contributed by atoms with E-state index in [0.29, 0.717) is 12.0 Å². The number of fused-ring (bicyclic) bond motifs is 1. The average molecular weight is 265 g/mol. The summed E-state index contributed by atoms with van der Waals surface area (Å²) in [6, 6.07) is 16.1. The van der Waals surface area contributed by atoms with Gasteiger partial charge in [0.2, 0.25) is 0 Å². The van der Waals surface area contributed by atoms with Crippen molar-refractivity contribution >= 4 is 0 Å². The number of nitrogens with one attached hydrogen (secondary N) is 1. The Kier molecular flexibility index (Phi) is 3.62. The van der Waals surface area contributed by atoms with Crippen LogP contribution in [0.1, 0.15) is 53.6 Å². The lowest BCUT2D eigenvalue weighted by atomic mass is 9.85. The molecule has 104 valence electrons. The minimum atomic E-state index is 0.346. The van der Waals surface area contributed by atoms with Gasteiger partial charge in [-0.2, -0.15) is 0 Å². The third-order valence-corrected chi connectivity index (χ3v) is 4.39. The van der Waals surface area contributed by atoms with E-state index < -0.39 is 0 Å². The van der Waals surface area contributed by atoms with Crippen LogP contribution in [0.4, 0.5) is 0 Å². The average Bonchev–Trinajstić information content (AvgIpc) is 2.46. The van der Waals surface area contributed by atoms with Crippen LogP contribution in [0.3, 0.4) is 0 Å². The summed E-state index contributed by atoms with van der Waals surface area (Å²) < 4.78 is 0. The van der Waals surface area contributed by atoms with Crippen molar-refractivity contribution in [2.75, 3.05) is 6.54 Å². The van der Waals surface area contributed by atoms with Crippen molar-refractivity contribution in [1.82, 2.24) is 5.32 Å². The van der Waals surface area contributed by atoms with Crippen LogP contribution >= 0.6 is 0 Å². The second-order valence-corrected chi connectivity index (χ2v) is 6.11. The van der Waals surface area contributed by atoms with E-state index in [1.165, 1.54) is 27.8 Å². The van der Waals surface area contributed by atoms with Crippen LogP contribution in [0, 0.1) is 6.92 Å². The van der Waals surface area contributed by atoms with Crippen LogP contribution in [0.2, 0.25) is 0 Å². The zero-order valence-electron chi connectivity index (χ0n) is 12.6. The molecule has 0 spiro atoms. The van der Waals surface area contributed by atoms with Crippen molar-refractivity contribution in [1.29, 1.82) is 0 Å². The number of rotatable bonds is 2. The van der Waals surface area contributed by atoms with E-state index in [-0.39, 0.29) is 0 Å². The lowest BCUT2D eigenvalue weighted by molar-refractivity contribution is 0.564. The van der Waals surface area contributed by atoms with Gasteiger partial charge in [-0.3, -0.25) is 0 Å². The summed E-state index contributed by atoms with van der Waals surface area (Å²) in [4.78, 5) is 0. The molecule has 1 aliphatic rings. The Hall–Kier alpha value is -1.60. The fourth-order valence-corrected chi connectivity index (χ4v) is 3.12. The molecule has 0 saturated carbocycles. The third kappa shape index (κ3) is 2.38.